The number of rotatable bonds is 6. The average Bonchev–Trinajstić information content (AvgIpc) is 3.49. The van der Waals surface area contributed by atoms with E-state index in [2.05, 4.69) is 9.71 Å². The molecule has 7 nitrogen and oxygen atoms in total. The van der Waals surface area contributed by atoms with Gasteiger partial charge in [0.15, 0.2) is 0 Å². The number of nitrogens with one attached hydrogen (secondary N) is 1. The molecule has 1 aliphatic heterocycles. The first-order valence-corrected chi connectivity index (χ1v) is 13.9. The third-order valence-electron chi connectivity index (χ3n) is 6.11. The summed E-state index contributed by atoms with van der Waals surface area (Å²) < 4.78 is 61.0. The van der Waals surface area contributed by atoms with Gasteiger partial charge in [0.05, 0.1) is 34.7 Å². The maximum atomic E-state index is 14.3. The van der Waals surface area contributed by atoms with E-state index in [1.54, 1.807) is 59.4 Å². The van der Waals surface area contributed by atoms with Crippen LogP contribution < -0.4 is 4.72 Å². The second-order valence-corrected chi connectivity index (χ2v) is 13.5. The molecule has 3 atom stereocenters. The van der Waals surface area contributed by atoms with Crippen molar-refractivity contribution in [2.45, 2.75) is 55.6 Å². The molecule has 4 aromatic rings. The van der Waals surface area contributed by atoms with E-state index in [-0.39, 0.29) is 17.9 Å². The van der Waals surface area contributed by atoms with E-state index in [0.717, 1.165) is 5.39 Å². The predicted molar refractivity (Wildman–Crippen MR) is 135 cm³/mol. The Balaban J connectivity index is 1.76. The van der Waals surface area contributed by atoms with Gasteiger partial charge in [0.2, 0.25) is 0 Å². The number of hydrogen-bond donors (Lipinski definition) is 1. The van der Waals surface area contributed by atoms with E-state index >= 15 is 0 Å². The molecule has 0 radical (unpaired) electrons. The molecule has 10 heteroatoms. The Hall–Kier alpha value is -2.66. The van der Waals surface area contributed by atoms with Crippen molar-refractivity contribution >= 4 is 32.3 Å². The summed E-state index contributed by atoms with van der Waals surface area (Å²) in [6.45, 7) is 5.69. The van der Waals surface area contributed by atoms with Crippen molar-refractivity contribution in [2.75, 3.05) is 0 Å². The zero-order valence-electron chi connectivity index (χ0n) is 19.7. The largest absolute Gasteiger partial charge is 0.598 e. The molecule has 0 spiro atoms. The third-order valence-corrected chi connectivity index (χ3v) is 9.43. The highest BCUT2D eigenvalue weighted by atomic mass is 32.2. The first-order chi connectivity index (χ1) is 16.6. The smallest absolute Gasteiger partial charge is 0.268 e. The lowest BCUT2D eigenvalue weighted by Crippen LogP contribution is -2.42. The molecule has 0 bridgehead atoms. The molecule has 0 saturated heterocycles. The van der Waals surface area contributed by atoms with Crippen LogP contribution in [0.15, 0.2) is 71.9 Å². The number of fused-ring (bicyclic) bond motifs is 2. The van der Waals surface area contributed by atoms with Crippen LogP contribution in [0.2, 0.25) is 0 Å². The maximum Gasteiger partial charge on any atom is 0.268 e. The number of hydrogen-bond acceptors (Lipinski definition) is 5. The summed E-state index contributed by atoms with van der Waals surface area (Å²) in [5.74, 6) is 0. The molecule has 3 heterocycles. The first kappa shape index (κ1) is 24.1. The monoisotopic (exact) mass is 514 g/mol. The summed E-state index contributed by atoms with van der Waals surface area (Å²) in [5.41, 5.74) is 2.03. The van der Waals surface area contributed by atoms with Crippen molar-refractivity contribution in [3.63, 3.8) is 0 Å². The van der Waals surface area contributed by atoms with Gasteiger partial charge in [0.25, 0.3) is 10.0 Å². The third kappa shape index (κ3) is 4.29. The van der Waals surface area contributed by atoms with Crippen LogP contribution in [0.1, 0.15) is 43.9 Å². The molecule has 184 valence electrons. The van der Waals surface area contributed by atoms with Crippen LogP contribution in [0, 0.1) is 0 Å². The van der Waals surface area contributed by atoms with E-state index in [0.29, 0.717) is 22.6 Å². The number of halogens is 1. The van der Waals surface area contributed by atoms with Gasteiger partial charge in [0, 0.05) is 28.9 Å². The van der Waals surface area contributed by atoms with Crippen LogP contribution in [-0.4, -0.2) is 37.4 Å². The summed E-state index contributed by atoms with van der Waals surface area (Å²) in [7, 11) is -4.02. The van der Waals surface area contributed by atoms with Gasteiger partial charge in [-0.15, -0.1) is 4.72 Å². The molecule has 1 N–H and O–H groups in total. The minimum Gasteiger partial charge on any atom is -0.598 e. The van der Waals surface area contributed by atoms with Gasteiger partial charge in [-0.25, -0.2) is 21.8 Å². The molecule has 0 aliphatic carbocycles. The van der Waals surface area contributed by atoms with Gasteiger partial charge < -0.3 is 9.12 Å². The van der Waals surface area contributed by atoms with Crippen LogP contribution in [0.5, 0.6) is 0 Å². The number of aromatic nitrogens is 3. The van der Waals surface area contributed by atoms with Crippen LogP contribution >= 0.6 is 0 Å². The molecule has 2 aromatic carbocycles. The molecular weight excluding hydrogens is 487 g/mol. The van der Waals surface area contributed by atoms with Gasteiger partial charge in [0.1, 0.15) is 17.0 Å². The molecule has 0 saturated carbocycles. The zero-order chi connectivity index (χ0) is 25.0. The lowest BCUT2D eigenvalue weighted by molar-refractivity contribution is 0.328. The Kier molecular flexibility index (Phi) is 6.03. The quantitative estimate of drug-likeness (QED) is 0.391. The summed E-state index contributed by atoms with van der Waals surface area (Å²) in [4.78, 5) is 4.68. The Labute approximate surface area is 207 Å². The van der Waals surface area contributed by atoms with Crippen LogP contribution in [0.4, 0.5) is 4.39 Å². The van der Waals surface area contributed by atoms with Gasteiger partial charge in [-0.1, -0.05) is 36.4 Å². The standard InChI is InChI=1S/C25H27FN4O3S2/c1-25(2,3)34(31)28-24(23-21-14-18(26)15-29(21)16-27-23)22-13-17-9-7-8-12-20(17)30(22)35(32,33)19-10-5-4-6-11-19/h4-13,16,18,24,28H,14-15H2,1-3H3/t18-,24+,34+/m1/s1. The first-order valence-electron chi connectivity index (χ1n) is 11.3. The van der Waals surface area contributed by atoms with E-state index in [1.165, 1.54) is 3.97 Å². The van der Waals surface area contributed by atoms with Crippen LogP contribution in [0.25, 0.3) is 10.9 Å². The van der Waals surface area contributed by atoms with Crippen molar-refractivity contribution in [2.24, 2.45) is 0 Å². The normalized spacial score (nSPS) is 18.0. The van der Waals surface area contributed by atoms with Crippen molar-refractivity contribution in [1.29, 1.82) is 0 Å². The predicted octanol–water partition coefficient (Wildman–Crippen LogP) is 4.11. The van der Waals surface area contributed by atoms with E-state index in [4.69, 9.17) is 0 Å². The van der Waals surface area contributed by atoms with Crippen molar-refractivity contribution in [1.82, 2.24) is 18.2 Å². The second kappa shape index (κ2) is 8.77. The highest BCUT2D eigenvalue weighted by Gasteiger charge is 2.38. The van der Waals surface area contributed by atoms with E-state index in [9.17, 15) is 17.4 Å². The lowest BCUT2D eigenvalue weighted by atomic mass is 10.1. The SMILES string of the molecule is CC(C)(C)[S@+]([O-])N[C@H](c1ncn2c1C[C@@H](F)C2)c1cc2ccccc2n1S(=O)(=O)c1ccccc1. The summed E-state index contributed by atoms with van der Waals surface area (Å²) in [6, 6.07) is 16.3. The fourth-order valence-corrected chi connectivity index (χ4v) is 6.76. The minimum absolute atomic E-state index is 0.136. The number of alkyl halides is 1. The molecular formula is C25H27FN4O3S2. The van der Waals surface area contributed by atoms with E-state index in [1.807, 2.05) is 32.9 Å². The minimum atomic E-state index is -4.02. The van der Waals surface area contributed by atoms with Crippen molar-refractivity contribution in [3.05, 3.63) is 84.1 Å². The van der Waals surface area contributed by atoms with Gasteiger partial charge in [-0.05, 0) is 45.0 Å². The zero-order valence-corrected chi connectivity index (χ0v) is 21.3. The topological polar surface area (TPSA) is 92.0 Å². The summed E-state index contributed by atoms with van der Waals surface area (Å²) in [6.07, 6.45) is 0.693. The maximum absolute atomic E-state index is 14.3. The number of para-hydroxylation sites is 1. The van der Waals surface area contributed by atoms with Crippen LogP contribution in [0.3, 0.4) is 0 Å². The molecule has 0 amide bonds. The summed E-state index contributed by atoms with van der Waals surface area (Å²) >= 11 is -1.56. The Bertz CT molecular complexity index is 1480. The number of nitrogens with zero attached hydrogens (tertiary/aromatic N) is 3. The average molecular weight is 515 g/mol. The highest BCUT2D eigenvalue weighted by molar-refractivity contribution is 7.91. The van der Waals surface area contributed by atoms with Crippen molar-refractivity contribution < 1.29 is 17.4 Å². The molecule has 1 aliphatic rings. The Morgan fingerprint density at radius 1 is 1.14 bits per heavy atom. The number of benzene rings is 2. The fraction of sp³-hybridized carbons (Fsp3) is 0.320. The molecule has 0 unspecified atom stereocenters. The molecule has 0 fully saturated rings. The second-order valence-electron chi connectivity index (χ2n) is 9.67. The van der Waals surface area contributed by atoms with Gasteiger partial charge in [-0.3, -0.25) is 0 Å². The highest BCUT2D eigenvalue weighted by Crippen LogP contribution is 2.36. The van der Waals surface area contributed by atoms with Gasteiger partial charge >= 0.3 is 0 Å². The fourth-order valence-electron chi connectivity index (χ4n) is 4.39. The van der Waals surface area contributed by atoms with Crippen molar-refractivity contribution in [3.8, 4) is 0 Å². The molecule has 5 rings (SSSR count). The summed E-state index contributed by atoms with van der Waals surface area (Å²) in [5, 5.41) is 0.717. The molecule has 2 aromatic heterocycles. The van der Waals surface area contributed by atoms with Gasteiger partial charge in [-0.2, -0.15) is 0 Å². The lowest BCUT2D eigenvalue weighted by Gasteiger charge is -2.28. The Morgan fingerprint density at radius 2 is 1.83 bits per heavy atom. The number of imidazole rings is 1. The van der Waals surface area contributed by atoms with E-state index < -0.39 is 38.3 Å². The Morgan fingerprint density at radius 3 is 2.54 bits per heavy atom. The molecule has 35 heavy (non-hydrogen) atoms. The van der Waals surface area contributed by atoms with Crippen LogP contribution in [-0.2, 0) is 34.4 Å².